The molecular formula is C24H24N4OS2. The summed E-state index contributed by atoms with van der Waals surface area (Å²) in [6, 6.07) is 24.1. The maximum Gasteiger partial charge on any atom is 0.237 e. The van der Waals surface area contributed by atoms with Crippen LogP contribution < -0.4 is 4.90 Å². The highest BCUT2D eigenvalue weighted by Crippen LogP contribution is 2.26. The molecule has 2 aromatic heterocycles. The van der Waals surface area contributed by atoms with E-state index in [-0.39, 0.29) is 17.7 Å². The van der Waals surface area contributed by atoms with E-state index in [4.69, 9.17) is 0 Å². The van der Waals surface area contributed by atoms with Gasteiger partial charge in [0.2, 0.25) is 5.91 Å². The maximum absolute atomic E-state index is 13.1. The van der Waals surface area contributed by atoms with Crippen LogP contribution in [0.5, 0.6) is 0 Å². The van der Waals surface area contributed by atoms with Gasteiger partial charge in [-0.05, 0) is 49.6 Å². The molecule has 0 aliphatic carbocycles. The number of aromatic nitrogens is 3. The lowest BCUT2D eigenvalue weighted by atomic mass is 10.2. The van der Waals surface area contributed by atoms with Gasteiger partial charge in [0.05, 0.1) is 5.75 Å². The number of thioether (sulfide) groups is 1. The van der Waals surface area contributed by atoms with Gasteiger partial charge in [-0.15, -0.1) is 21.5 Å². The van der Waals surface area contributed by atoms with Crippen molar-refractivity contribution in [3.05, 3.63) is 88.9 Å². The molecular weight excluding hydrogens is 424 g/mol. The van der Waals surface area contributed by atoms with Gasteiger partial charge in [-0.3, -0.25) is 9.36 Å². The monoisotopic (exact) mass is 448 g/mol. The van der Waals surface area contributed by atoms with Gasteiger partial charge in [-0.25, -0.2) is 0 Å². The molecule has 0 aliphatic heterocycles. The van der Waals surface area contributed by atoms with Gasteiger partial charge in [0.25, 0.3) is 0 Å². The van der Waals surface area contributed by atoms with Crippen LogP contribution in [-0.4, -0.2) is 32.5 Å². The zero-order valence-corrected chi connectivity index (χ0v) is 19.1. The predicted octanol–water partition coefficient (Wildman–Crippen LogP) is 5.45. The van der Waals surface area contributed by atoms with Gasteiger partial charge in [-0.2, -0.15) is 0 Å². The first kappa shape index (κ1) is 21.3. The fraction of sp³-hybridized carbons (Fsp3) is 0.208. The minimum absolute atomic E-state index is 0.0496. The normalized spacial score (nSPS) is 11.1. The Morgan fingerprint density at radius 2 is 1.71 bits per heavy atom. The number of hydrogen-bond donors (Lipinski definition) is 0. The number of thiophene rings is 1. The van der Waals surface area contributed by atoms with E-state index in [2.05, 4.69) is 26.2 Å². The van der Waals surface area contributed by atoms with Crippen molar-refractivity contribution < 1.29 is 4.79 Å². The van der Waals surface area contributed by atoms with Crippen LogP contribution in [0.15, 0.2) is 83.3 Å². The first-order chi connectivity index (χ1) is 15.1. The Labute approximate surface area is 190 Å². The van der Waals surface area contributed by atoms with Crippen LogP contribution in [0.4, 0.5) is 5.69 Å². The molecule has 0 fully saturated rings. The van der Waals surface area contributed by atoms with Gasteiger partial charge in [0.1, 0.15) is 5.82 Å². The molecule has 5 nitrogen and oxygen atoms in total. The van der Waals surface area contributed by atoms with Gasteiger partial charge >= 0.3 is 0 Å². The first-order valence-electron chi connectivity index (χ1n) is 10.2. The van der Waals surface area contributed by atoms with Crippen LogP contribution in [0.3, 0.4) is 0 Å². The summed E-state index contributed by atoms with van der Waals surface area (Å²) in [5.41, 5.74) is 1.91. The smallest absolute Gasteiger partial charge is 0.237 e. The Kier molecular flexibility index (Phi) is 6.84. The van der Waals surface area contributed by atoms with Crippen LogP contribution >= 0.6 is 23.1 Å². The molecule has 31 heavy (non-hydrogen) atoms. The molecule has 0 saturated carbocycles. The highest BCUT2D eigenvalue weighted by Gasteiger charge is 2.21. The number of anilines is 1. The number of carbonyl (C=O) groups is 1. The first-order valence-corrected chi connectivity index (χ1v) is 12.0. The molecule has 7 heteroatoms. The molecule has 0 unspecified atom stereocenters. The maximum atomic E-state index is 13.1. The molecule has 0 spiro atoms. The van der Waals surface area contributed by atoms with Gasteiger partial charge in [0.15, 0.2) is 5.16 Å². The summed E-state index contributed by atoms with van der Waals surface area (Å²) in [4.78, 5) is 16.2. The van der Waals surface area contributed by atoms with E-state index in [9.17, 15) is 4.79 Å². The lowest BCUT2D eigenvalue weighted by molar-refractivity contribution is -0.116. The second-order valence-electron chi connectivity index (χ2n) is 7.31. The zero-order chi connectivity index (χ0) is 21.6. The van der Waals surface area contributed by atoms with Crippen LogP contribution in [0.1, 0.15) is 24.5 Å². The van der Waals surface area contributed by atoms with Crippen molar-refractivity contribution >= 4 is 34.7 Å². The average Bonchev–Trinajstić information content (AvgIpc) is 3.44. The van der Waals surface area contributed by atoms with Gasteiger partial charge in [0, 0.05) is 28.7 Å². The third-order valence-electron chi connectivity index (χ3n) is 4.77. The molecule has 158 valence electrons. The third kappa shape index (κ3) is 5.06. The van der Waals surface area contributed by atoms with Gasteiger partial charge in [-0.1, -0.05) is 54.2 Å². The van der Waals surface area contributed by atoms with Crippen LogP contribution in [0, 0.1) is 0 Å². The summed E-state index contributed by atoms with van der Waals surface area (Å²) in [5, 5.41) is 11.7. The number of para-hydroxylation sites is 2. The molecule has 4 rings (SSSR count). The number of rotatable bonds is 8. The van der Waals surface area contributed by atoms with E-state index in [1.54, 1.807) is 11.3 Å². The largest absolute Gasteiger partial charge is 0.309 e. The molecule has 0 bridgehead atoms. The molecule has 2 heterocycles. The summed E-state index contributed by atoms with van der Waals surface area (Å²) in [6.45, 7) is 4.06. The lowest BCUT2D eigenvalue weighted by Gasteiger charge is -2.26. The topological polar surface area (TPSA) is 51.0 Å². The minimum Gasteiger partial charge on any atom is -0.309 e. The van der Waals surface area contributed by atoms with Crippen molar-refractivity contribution in [2.24, 2.45) is 0 Å². The van der Waals surface area contributed by atoms with E-state index in [1.165, 1.54) is 16.6 Å². The molecule has 0 aliphatic rings. The number of amides is 1. The number of nitrogens with zero attached hydrogens (tertiary/aromatic N) is 4. The Bertz CT molecular complexity index is 1110. The Balaban J connectivity index is 1.58. The van der Waals surface area contributed by atoms with E-state index >= 15 is 0 Å². The minimum atomic E-state index is 0.0496. The van der Waals surface area contributed by atoms with E-state index in [0.29, 0.717) is 6.42 Å². The molecule has 0 saturated heterocycles. The van der Waals surface area contributed by atoms with Crippen molar-refractivity contribution in [3.63, 3.8) is 0 Å². The van der Waals surface area contributed by atoms with E-state index in [0.717, 1.165) is 22.4 Å². The number of benzene rings is 2. The SMILES string of the molecule is CC(C)N(C(=O)CSc1nnc(Cc2cccs2)n1-c1ccccc1)c1ccccc1. The van der Waals surface area contributed by atoms with Crippen molar-refractivity contribution in [2.75, 3.05) is 10.7 Å². The Morgan fingerprint density at radius 3 is 2.35 bits per heavy atom. The summed E-state index contributed by atoms with van der Waals surface area (Å²) in [7, 11) is 0. The highest BCUT2D eigenvalue weighted by molar-refractivity contribution is 7.99. The molecule has 0 N–H and O–H groups in total. The van der Waals surface area contributed by atoms with Crippen molar-refractivity contribution in [3.8, 4) is 5.69 Å². The standard InChI is InChI=1S/C24H24N4OS2/c1-18(2)27(19-10-5-3-6-11-19)23(29)17-31-24-26-25-22(16-21-14-9-15-30-21)28(24)20-12-7-4-8-13-20/h3-15,18H,16-17H2,1-2H3. The quantitative estimate of drug-likeness (QED) is 0.336. The van der Waals surface area contributed by atoms with Gasteiger partial charge < -0.3 is 4.90 Å². The second kappa shape index (κ2) is 9.94. The summed E-state index contributed by atoms with van der Waals surface area (Å²) < 4.78 is 2.06. The Morgan fingerprint density at radius 1 is 1.00 bits per heavy atom. The zero-order valence-electron chi connectivity index (χ0n) is 17.5. The summed E-state index contributed by atoms with van der Waals surface area (Å²) >= 11 is 3.13. The summed E-state index contributed by atoms with van der Waals surface area (Å²) in [6.07, 6.45) is 0.705. The molecule has 0 atom stereocenters. The Hall–Kier alpha value is -2.90. The third-order valence-corrected chi connectivity index (χ3v) is 6.56. The van der Waals surface area contributed by atoms with Crippen LogP contribution in [0.25, 0.3) is 5.69 Å². The van der Waals surface area contributed by atoms with Crippen LogP contribution in [-0.2, 0) is 11.2 Å². The van der Waals surface area contributed by atoms with Crippen LogP contribution in [0.2, 0.25) is 0 Å². The predicted molar refractivity (Wildman–Crippen MR) is 128 cm³/mol. The number of hydrogen-bond acceptors (Lipinski definition) is 5. The fourth-order valence-electron chi connectivity index (χ4n) is 3.43. The summed E-state index contributed by atoms with van der Waals surface area (Å²) in [5.74, 6) is 1.21. The van der Waals surface area contributed by atoms with E-state index in [1.807, 2.05) is 85.5 Å². The van der Waals surface area contributed by atoms with Crippen molar-refractivity contribution in [2.45, 2.75) is 31.5 Å². The number of carbonyl (C=O) groups excluding carboxylic acids is 1. The average molecular weight is 449 g/mol. The van der Waals surface area contributed by atoms with Crippen molar-refractivity contribution in [1.82, 2.24) is 14.8 Å². The molecule has 0 radical (unpaired) electrons. The highest BCUT2D eigenvalue weighted by atomic mass is 32.2. The molecule has 1 amide bonds. The molecule has 4 aromatic rings. The van der Waals surface area contributed by atoms with E-state index < -0.39 is 0 Å². The van der Waals surface area contributed by atoms with Crippen molar-refractivity contribution in [1.29, 1.82) is 0 Å². The molecule has 2 aromatic carbocycles. The lowest BCUT2D eigenvalue weighted by Crippen LogP contribution is -2.38. The second-order valence-corrected chi connectivity index (χ2v) is 9.28. The fourth-order valence-corrected chi connectivity index (χ4v) is 4.96.